The van der Waals surface area contributed by atoms with Crippen LogP contribution in [0.3, 0.4) is 0 Å². The van der Waals surface area contributed by atoms with Gasteiger partial charge in [-0.3, -0.25) is 9.59 Å². The summed E-state index contributed by atoms with van der Waals surface area (Å²) in [5.41, 5.74) is 9.26. The van der Waals surface area contributed by atoms with Gasteiger partial charge in [-0.25, -0.2) is 0 Å². The van der Waals surface area contributed by atoms with Gasteiger partial charge in [0, 0.05) is 12.8 Å². The minimum atomic E-state index is -0.0259. The van der Waals surface area contributed by atoms with Crippen LogP contribution in [0.5, 0.6) is 0 Å². The highest BCUT2D eigenvalue weighted by Gasteiger charge is 2.13. The Morgan fingerprint density at radius 1 is 0.535 bits per heavy atom. The lowest BCUT2D eigenvalue weighted by atomic mass is 9.96. The minimum Gasteiger partial charge on any atom is -1.00 e. The number of ether oxygens (including phenoxy) is 2. The zero-order valence-corrected chi connectivity index (χ0v) is 30.0. The van der Waals surface area contributed by atoms with Gasteiger partial charge in [-0.05, 0) is 76.2 Å². The topological polar surface area (TPSA) is 106 Å². The van der Waals surface area contributed by atoms with Gasteiger partial charge in [0.1, 0.15) is 0 Å². The van der Waals surface area contributed by atoms with Crippen molar-refractivity contribution < 1.29 is 37.2 Å². The second-order valence-electron chi connectivity index (χ2n) is 12.3. The fourth-order valence-corrected chi connectivity index (χ4v) is 5.11. The van der Waals surface area contributed by atoms with Crippen LogP contribution < -0.4 is 23.9 Å². The zero-order valence-electron chi connectivity index (χ0n) is 29.2. The van der Waals surface area contributed by atoms with Crippen molar-refractivity contribution in [3.8, 4) is 0 Å². The Morgan fingerprint density at radius 2 is 0.907 bits per heavy atom. The maximum absolute atomic E-state index is 11.7. The fraction of sp³-hybridized carbons (Fsp3) is 0.944. The smallest absolute Gasteiger partial charge is 0.305 e. The van der Waals surface area contributed by atoms with Crippen LogP contribution in [0, 0.1) is 11.8 Å². The maximum atomic E-state index is 11.7. The third kappa shape index (κ3) is 37.2. The lowest BCUT2D eigenvalue weighted by Crippen LogP contribution is -3.00. The van der Waals surface area contributed by atoms with Crippen LogP contribution in [0.25, 0.3) is 0 Å². The van der Waals surface area contributed by atoms with Crippen molar-refractivity contribution in [3.63, 3.8) is 0 Å². The molecule has 5 N–H and O–H groups in total. The normalized spacial score (nSPS) is 12.0. The number of quaternary nitrogens is 1. The van der Waals surface area contributed by atoms with Crippen molar-refractivity contribution in [1.82, 2.24) is 0 Å². The minimum absolute atomic E-state index is 0. The van der Waals surface area contributed by atoms with Gasteiger partial charge >= 0.3 is 11.9 Å². The molecule has 0 aliphatic rings. The molecule has 0 amide bonds. The summed E-state index contributed by atoms with van der Waals surface area (Å²) >= 11 is 0. The third-order valence-corrected chi connectivity index (χ3v) is 8.04. The van der Waals surface area contributed by atoms with Crippen LogP contribution in [0.15, 0.2) is 0 Å². The Kier molecular flexibility index (Phi) is 42.4. The number of nitrogens with two attached hydrogens (primary N) is 1. The molecule has 2 atom stereocenters. The van der Waals surface area contributed by atoms with E-state index in [0.29, 0.717) is 44.4 Å². The number of rotatable bonds is 30. The predicted octanol–water partition coefficient (Wildman–Crippen LogP) is 5.94. The van der Waals surface area contributed by atoms with Crippen molar-refractivity contribution in [2.45, 2.75) is 182 Å². The van der Waals surface area contributed by atoms with E-state index in [9.17, 15) is 9.59 Å². The van der Waals surface area contributed by atoms with E-state index in [2.05, 4.69) is 33.4 Å². The standard InChI is InChI=1S/2C18H37NO2.ClH/c2*1-3-5-7-9-13-17(12-6-4-2)16-21-18(20)14-10-8-11-15-19;/h2*17H,3-16,19H2,1-2H3;1H. The van der Waals surface area contributed by atoms with Crippen molar-refractivity contribution in [2.24, 2.45) is 17.6 Å². The summed E-state index contributed by atoms with van der Waals surface area (Å²) in [5.74, 6) is 1.11. The van der Waals surface area contributed by atoms with Gasteiger partial charge in [0.25, 0.3) is 0 Å². The molecule has 43 heavy (non-hydrogen) atoms. The van der Waals surface area contributed by atoms with Crippen LogP contribution in [0.4, 0.5) is 0 Å². The van der Waals surface area contributed by atoms with Gasteiger partial charge in [0.2, 0.25) is 0 Å². The first-order chi connectivity index (χ1) is 20.5. The number of carbonyl (C=O) groups excluding carboxylic acids is 2. The SMILES string of the molecule is CCCCCCC(CCCC)COC(=O)CCCCCN.CCCCCCC(CCCC)COC(=O)CCCCC[NH3+].[Cl-]. The first-order valence-electron chi connectivity index (χ1n) is 18.3. The first kappa shape index (κ1) is 46.6. The molecule has 6 nitrogen and oxygen atoms in total. The average Bonchev–Trinajstić information content (AvgIpc) is 3.00. The molecule has 7 heteroatoms. The molecule has 0 aromatic rings. The van der Waals surface area contributed by atoms with E-state index in [-0.39, 0.29) is 24.3 Å². The third-order valence-electron chi connectivity index (χ3n) is 8.04. The Balaban J connectivity index is -0.000000727. The van der Waals surface area contributed by atoms with Crippen LogP contribution in [-0.2, 0) is 19.1 Å². The molecule has 0 saturated heterocycles. The maximum Gasteiger partial charge on any atom is 0.305 e. The van der Waals surface area contributed by atoms with E-state index in [4.69, 9.17) is 15.2 Å². The summed E-state index contributed by atoms with van der Waals surface area (Å²) in [5, 5.41) is 0. The molecule has 0 bridgehead atoms. The molecule has 0 aliphatic carbocycles. The number of esters is 2. The summed E-state index contributed by atoms with van der Waals surface area (Å²) in [6.45, 7) is 11.9. The summed E-state index contributed by atoms with van der Waals surface area (Å²) in [6, 6.07) is 0. The molecule has 0 rings (SSSR count). The summed E-state index contributed by atoms with van der Waals surface area (Å²) < 4.78 is 11.0. The van der Waals surface area contributed by atoms with Crippen molar-refractivity contribution >= 4 is 11.9 Å². The largest absolute Gasteiger partial charge is 1.00 e. The summed E-state index contributed by atoms with van der Waals surface area (Å²) in [6.07, 6.45) is 27.4. The van der Waals surface area contributed by atoms with Gasteiger partial charge < -0.3 is 33.3 Å². The predicted molar refractivity (Wildman–Crippen MR) is 179 cm³/mol. The molecule has 0 radical (unpaired) electrons. The highest BCUT2D eigenvalue weighted by atomic mass is 35.5. The summed E-state index contributed by atoms with van der Waals surface area (Å²) in [4.78, 5) is 23.4. The van der Waals surface area contributed by atoms with E-state index in [1.165, 1.54) is 103 Å². The van der Waals surface area contributed by atoms with E-state index < -0.39 is 0 Å². The lowest BCUT2D eigenvalue weighted by Gasteiger charge is -2.16. The monoisotopic (exact) mass is 635 g/mol. The molecule has 0 fully saturated rings. The van der Waals surface area contributed by atoms with Crippen LogP contribution in [-0.4, -0.2) is 38.2 Å². The Bertz CT molecular complexity index is 517. The second-order valence-corrected chi connectivity index (χ2v) is 12.3. The van der Waals surface area contributed by atoms with E-state index >= 15 is 0 Å². The Morgan fingerprint density at radius 3 is 1.28 bits per heavy atom. The molecule has 2 unspecified atom stereocenters. The number of hydrogen-bond donors (Lipinski definition) is 2. The van der Waals surface area contributed by atoms with Crippen molar-refractivity contribution in [3.05, 3.63) is 0 Å². The van der Waals surface area contributed by atoms with Gasteiger partial charge in [-0.2, -0.15) is 0 Å². The quantitative estimate of drug-likeness (QED) is 0.0752. The molecular weight excluding hydrogens is 560 g/mol. The molecule has 0 heterocycles. The molecule has 0 saturated carbocycles. The summed E-state index contributed by atoms with van der Waals surface area (Å²) in [7, 11) is 0. The van der Waals surface area contributed by atoms with Crippen molar-refractivity contribution in [2.75, 3.05) is 26.3 Å². The van der Waals surface area contributed by atoms with Gasteiger partial charge in [-0.15, -0.1) is 0 Å². The number of carbonyl (C=O) groups is 2. The highest BCUT2D eigenvalue weighted by molar-refractivity contribution is 5.69. The first-order valence-corrected chi connectivity index (χ1v) is 18.3. The van der Waals surface area contributed by atoms with E-state index in [1.807, 2.05) is 0 Å². The zero-order chi connectivity index (χ0) is 31.5. The van der Waals surface area contributed by atoms with Gasteiger partial charge in [0.15, 0.2) is 0 Å². The van der Waals surface area contributed by atoms with Crippen molar-refractivity contribution in [1.29, 1.82) is 0 Å². The van der Waals surface area contributed by atoms with Crippen LogP contribution in [0.1, 0.15) is 182 Å². The Hall–Kier alpha value is -0.850. The molecule has 260 valence electrons. The van der Waals surface area contributed by atoms with Crippen LogP contribution >= 0.6 is 0 Å². The number of unbranched alkanes of at least 4 members (excludes halogenated alkanes) is 12. The van der Waals surface area contributed by atoms with Crippen LogP contribution in [0.2, 0.25) is 0 Å². The van der Waals surface area contributed by atoms with Gasteiger partial charge in [0.05, 0.1) is 19.8 Å². The fourth-order valence-electron chi connectivity index (χ4n) is 5.11. The second kappa shape index (κ2) is 39.2. The number of halogens is 1. The number of hydrogen-bond acceptors (Lipinski definition) is 5. The average molecular weight is 635 g/mol. The molecular formula is C36H75ClN2O4. The molecule has 0 aromatic carbocycles. The molecule has 0 aromatic heterocycles. The Labute approximate surface area is 274 Å². The lowest BCUT2D eigenvalue weighted by molar-refractivity contribution is -0.368. The van der Waals surface area contributed by atoms with E-state index in [1.54, 1.807) is 0 Å². The van der Waals surface area contributed by atoms with Gasteiger partial charge in [-0.1, -0.05) is 111 Å². The highest BCUT2D eigenvalue weighted by Crippen LogP contribution is 2.19. The molecule has 0 aliphatic heterocycles. The van der Waals surface area contributed by atoms with E-state index in [0.717, 1.165) is 45.1 Å². The molecule has 0 spiro atoms.